The maximum atomic E-state index is 2.75. The third-order valence-corrected chi connectivity index (χ3v) is 3.75. The smallest absolute Gasteiger partial charge is 0.0123 e. The van der Waals surface area contributed by atoms with Gasteiger partial charge in [0.2, 0.25) is 0 Å². The number of rotatable bonds is 1. The van der Waals surface area contributed by atoms with Gasteiger partial charge in [-0.25, -0.2) is 0 Å². The first-order chi connectivity index (χ1) is 6.92. The van der Waals surface area contributed by atoms with Crippen molar-refractivity contribution >= 4 is 0 Å². The molecule has 2 atom stereocenters. The topological polar surface area (TPSA) is 3.24 Å². The molecule has 2 fully saturated rings. The van der Waals surface area contributed by atoms with Crippen LogP contribution in [0.2, 0.25) is 0 Å². The van der Waals surface area contributed by atoms with Crippen LogP contribution in [0.25, 0.3) is 0 Å². The molecule has 0 N–H and O–H groups in total. The molecule has 0 bridgehead atoms. The molecule has 2 unspecified atom stereocenters. The second-order valence-corrected chi connectivity index (χ2v) is 4.41. The molecule has 1 nitrogen and oxygen atoms in total. The van der Waals surface area contributed by atoms with Gasteiger partial charge in [-0.3, -0.25) is 0 Å². The number of piperidine rings is 2. The Morgan fingerprint density at radius 1 is 1.00 bits per heavy atom. The number of nitrogens with zero attached hydrogens (tertiary/aromatic N) is 1. The van der Waals surface area contributed by atoms with Crippen LogP contribution >= 0.6 is 0 Å². The van der Waals surface area contributed by atoms with Crippen LogP contribution in [0.3, 0.4) is 0 Å². The highest BCUT2D eigenvalue weighted by Crippen LogP contribution is 2.32. The first-order valence-electron chi connectivity index (χ1n) is 6.66. The van der Waals surface area contributed by atoms with Crippen LogP contribution in [0.15, 0.2) is 0 Å². The summed E-state index contributed by atoms with van der Waals surface area (Å²) in [5.41, 5.74) is 0. The zero-order valence-electron chi connectivity index (χ0n) is 10.3. The van der Waals surface area contributed by atoms with E-state index in [2.05, 4.69) is 11.8 Å². The van der Waals surface area contributed by atoms with Crippen LogP contribution in [0.1, 0.15) is 59.3 Å². The molecule has 0 aromatic carbocycles. The second-order valence-electron chi connectivity index (χ2n) is 4.41. The van der Waals surface area contributed by atoms with Gasteiger partial charge in [0, 0.05) is 6.04 Å². The van der Waals surface area contributed by atoms with E-state index in [0.29, 0.717) is 0 Å². The van der Waals surface area contributed by atoms with Gasteiger partial charge in [-0.15, -0.1) is 0 Å². The molecule has 0 aromatic rings. The Bertz CT molecular complexity index is 135. The summed E-state index contributed by atoms with van der Waals surface area (Å²) in [6, 6.07) is 0.970. The summed E-state index contributed by atoms with van der Waals surface area (Å²) in [5.74, 6) is 1.03. The van der Waals surface area contributed by atoms with Gasteiger partial charge in [0.15, 0.2) is 0 Å². The summed E-state index contributed by atoms with van der Waals surface area (Å²) in [5, 5.41) is 0. The predicted octanol–water partition coefficient (Wildman–Crippen LogP) is 3.69. The molecule has 0 aliphatic carbocycles. The highest BCUT2D eigenvalue weighted by atomic mass is 15.2. The van der Waals surface area contributed by atoms with Crippen molar-refractivity contribution in [2.75, 3.05) is 13.1 Å². The van der Waals surface area contributed by atoms with E-state index in [9.17, 15) is 0 Å². The molecule has 2 saturated heterocycles. The fraction of sp³-hybridized carbons (Fsp3) is 1.00. The van der Waals surface area contributed by atoms with Crippen LogP contribution in [-0.4, -0.2) is 24.0 Å². The third kappa shape index (κ3) is 2.73. The minimum atomic E-state index is 0.970. The predicted molar refractivity (Wildman–Crippen MR) is 63.6 cm³/mol. The molecule has 1 heteroatoms. The summed E-state index contributed by atoms with van der Waals surface area (Å²) in [4.78, 5) is 2.75. The van der Waals surface area contributed by atoms with E-state index in [-0.39, 0.29) is 0 Å². The molecule has 2 rings (SSSR count). The van der Waals surface area contributed by atoms with Crippen LogP contribution in [0.4, 0.5) is 0 Å². The summed E-state index contributed by atoms with van der Waals surface area (Å²) >= 11 is 0. The average molecular weight is 197 g/mol. The molecule has 0 amide bonds. The summed E-state index contributed by atoms with van der Waals surface area (Å²) < 4.78 is 0. The molecule has 2 aliphatic rings. The van der Waals surface area contributed by atoms with E-state index in [1.54, 1.807) is 0 Å². The van der Waals surface area contributed by atoms with Crippen molar-refractivity contribution in [2.45, 2.75) is 65.3 Å². The number of hydrogen-bond acceptors (Lipinski definition) is 1. The van der Waals surface area contributed by atoms with Gasteiger partial charge in [0.25, 0.3) is 0 Å². The Kier molecular flexibility index (Phi) is 5.54. The van der Waals surface area contributed by atoms with E-state index in [0.717, 1.165) is 12.0 Å². The summed E-state index contributed by atoms with van der Waals surface area (Å²) in [7, 11) is 0. The van der Waals surface area contributed by atoms with Crippen molar-refractivity contribution < 1.29 is 0 Å². The fourth-order valence-electron chi connectivity index (χ4n) is 3.05. The largest absolute Gasteiger partial charge is 0.300 e. The van der Waals surface area contributed by atoms with Gasteiger partial charge in [-0.05, 0) is 44.7 Å². The molecule has 0 radical (unpaired) electrons. The van der Waals surface area contributed by atoms with Crippen molar-refractivity contribution in [3.63, 3.8) is 0 Å². The number of fused-ring (bicyclic) bond motifs is 1. The fourth-order valence-corrected chi connectivity index (χ4v) is 3.05. The molecular formula is C13H27N. The van der Waals surface area contributed by atoms with Gasteiger partial charge in [-0.2, -0.15) is 0 Å². The van der Waals surface area contributed by atoms with Crippen LogP contribution < -0.4 is 0 Å². The number of hydrogen-bond donors (Lipinski definition) is 0. The van der Waals surface area contributed by atoms with Gasteiger partial charge in [-0.1, -0.05) is 33.6 Å². The lowest BCUT2D eigenvalue weighted by Crippen LogP contribution is -2.47. The molecular weight excluding hydrogens is 170 g/mol. The Morgan fingerprint density at radius 3 is 2.43 bits per heavy atom. The molecule has 0 saturated carbocycles. The Morgan fingerprint density at radius 2 is 1.71 bits per heavy atom. The molecule has 2 heterocycles. The Balaban J connectivity index is 0.000000461. The van der Waals surface area contributed by atoms with Crippen LogP contribution in [0, 0.1) is 5.92 Å². The van der Waals surface area contributed by atoms with E-state index >= 15 is 0 Å². The quantitative estimate of drug-likeness (QED) is 0.620. The maximum Gasteiger partial charge on any atom is 0.0123 e. The molecule has 0 spiro atoms. The molecule has 84 valence electrons. The van der Waals surface area contributed by atoms with Crippen molar-refractivity contribution in [1.82, 2.24) is 4.90 Å². The zero-order chi connectivity index (χ0) is 10.4. The minimum absolute atomic E-state index is 0.970. The van der Waals surface area contributed by atoms with Crippen molar-refractivity contribution in [2.24, 2.45) is 5.92 Å². The summed E-state index contributed by atoms with van der Waals surface area (Å²) in [6.45, 7) is 9.14. The lowest BCUT2D eigenvalue weighted by molar-refractivity contribution is 0.0580. The van der Waals surface area contributed by atoms with Crippen LogP contribution in [0.5, 0.6) is 0 Å². The maximum absolute atomic E-state index is 2.75. The van der Waals surface area contributed by atoms with E-state index in [1.165, 1.54) is 51.6 Å². The van der Waals surface area contributed by atoms with Crippen molar-refractivity contribution in [3.05, 3.63) is 0 Å². The Labute approximate surface area is 89.9 Å². The molecule has 2 aliphatic heterocycles. The van der Waals surface area contributed by atoms with E-state index in [4.69, 9.17) is 0 Å². The van der Waals surface area contributed by atoms with Crippen molar-refractivity contribution in [3.8, 4) is 0 Å². The standard InChI is InChI=1S/C11H21N.C2H6/c1-2-10-6-5-9-12-8-4-3-7-11(10)12;1-2/h10-11H,2-9H2,1H3;1-2H3. The van der Waals surface area contributed by atoms with E-state index < -0.39 is 0 Å². The molecule has 0 aromatic heterocycles. The Hall–Kier alpha value is -0.0400. The molecule has 14 heavy (non-hydrogen) atoms. The monoisotopic (exact) mass is 197 g/mol. The minimum Gasteiger partial charge on any atom is -0.300 e. The van der Waals surface area contributed by atoms with Gasteiger partial charge in [0.1, 0.15) is 0 Å². The first kappa shape index (κ1) is 12.0. The highest BCUT2D eigenvalue weighted by molar-refractivity contribution is 4.86. The average Bonchev–Trinajstić information content (AvgIpc) is 2.31. The van der Waals surface area contributed by atoms with Crippen LogP contribution in [-0.2, 0) is 0 Å². The highest BCUT2D eigenvalue weighted by Gasteiger charge is 2.31. The first-order valence-corrected chi connectivity index (χ1v) is 6.66. The lowest BCUT2D eigenvalue weighted by atomic mass is 9.82. The summed E-state index contributed by atoms with van der Waals surface area (Å²) in [6.07, 6.45) is 8.77. The van der Waals surface area contributed by atoms with Gasteiger partial charge in [0.05, 0.1) is 0 Å². The third-order valence-electron chi connectivity index (χ3n) is 3.75. The van der Waals surface area contributed by atoms with E-state index in [1.807, 2.05) is 13.8 Å². The van der Waals surface area contributed by atoms with Crippen molar-refractivity contribution in [1.29, 1.82) is 0 Å². The van der Waals surface area contributed by atoms with Gasteiger partial charge >= 0.3 is 0 Å². The second kappa shape index (κ2) is 6.44. The SMILES string of the molecule is CC.CCC1CCCN2CCCCC12. The van der Waals surface area contributed by atoms with Gasteiger partial charge < -0.3 is 4.90 Å². The lowest BCUT2D eigenvalue weighted by Gasteiger charge is -2.44. The normalized spacial score (nSPS) is 32.8. The zero-order valence-corrected chi connectivity index (χ0v) is 10.3.